The van der Waals surface area contributed by atoms with Crippen molar-refractivity contribution in [2.75, 3.05) is 27.9 Å². The topological polar surface area (TPSA) is 75.3 Å². The van der Waals surface area contributed by atoms with Crippen LogP contribution in [-0.4, -0.2) is 46.0 Å². The summed E-state index contributed by atoms with van der Waals surface area (Å²) in [6.07, 6.45) is -0.300. The number of hydrogen-bond donors (Lipinski definition) is 1. The number of para-hydroxylation sites is 2. The molecule has 144 valence electrons. The van der Waals surface area contributed by atoms with Gasteiger partial charge in [-0.05, 0) is 31.2 Å². The molecular weight excluding hydrogens is 350 g/mol. The van der Waals surface area contributed by atoms with E-state index in [0.717, 1.165) is 0 Å². The van der Waals surface area contributed by atoms with Crippen LogP contribution in [0.1, 0.15) is 17.3 Å². The first-order chi connectivity index (χ1) is 13.1. The molecule has 0 aromatic heterocycles. The van der Waals surface area contributed by atoms with Crippen molar-refractivity contribution in [3.63, 3.8) is 0 Å². The summed E-state index contributed by atoms with van der Waals surface area (Å²) < 4.78 is 27.5. The van der Waals surface area contributed by atoms with Crippen LogP contribution in [0, 0.1) is 0 Å². The van der Waals surface area contributed by atoms with Crippen molar-refractivity contribution in [2.45, 2.75) is 19.1 Å². The average Bonchev–Trinajstić information content (AvgIpc) is 2.71. The highest BCUT2D eigenvalue weighted by atomic mass is 16.6. The lowest BCUT2D eigenvalue weighted by atomic mass is 10.1. The van der Waals surface area contributed by atoms with Gasteiger partial charge in [0.05, 0.1) is 27.4 Å². The molecule has 3 rings (SSSR count). The third-order valence-corrected chi connectivity index (χ3v) is 4.37. The highest BCUT2D eigenvalue weighted by molar-refractivity contribution is 5.95. The molecular formula is C20H23NO6. The molecule has 0 aliphatic carbocycles. The number of carbonyl (C=O) groups excluding carboxylic acids is 1. The number of rotatable bonds is 6. The maximum atomic E-state index is 12.7. The largest absolute Gasteiger partial charge is 0.493 e. The Morgan fingerprint density at radius 2 is 1.70 bits per heavy atom. The van der Waals surface area contributed by atoms with E-state index >= 15 is 0 Å². The zero-order chi connectivity index (χ0) is 19.4. The second-order valence-electron chi connectivity index (χ2n) is 6.09. The summed E-state index contributed by atoms with van der Waals surface area (Å²) in [6, 6.07) is 10.4. The van der Waals surface area contributed by atoms with Gasteiger partial charge in [-0.25, -0.2) is 0 Å². The molecule has 0 unspecified atom stereocenters. The molecule has 0 fully saturated rings. The van der Waals surface area contributed by atoms with E-state index in [1.165, 1.54) is 21.3 Å². The average molecular weight is 373 g/mol. The van der Waals surface area contributed by atoms with E-state index in [2.05, 4.69) is 5.32 Å². The molecule has 27 heavy (non-hydrogen) atoms. The zero-order valence-electron chi connectivity index (χ0n) is 15.8. The van der Waals surface area contributed by atoms with Crippen LogP contribution in [0.15, 0.2) is 36.4 Å². The van der Waals surface area contributed by atoms with Crippen molar-refractivity contribution in [3.05, 3.63) is 42.0 Å². The summed E-state index contributed by atoms with van der Waals surface area (Å²) in [6.45, 7) is 2.23. The smallest absolute Gasteiger partial charge is 0.251 e. The van der Waals surface area contributed by atoms with Gasteiger partial charge < -0.3 is 29.0 Å². The summed E-state index contributed by atoms with van der Waals surface area (Å²) in [5, 5.41) is 2.94. The molecule has 0 saturated heterocycles. The standard InChI is InChI=1S/C20H23NO6/c1-12(18-11-26-14-7-5-6-8-15(14)27-18)21-20(22)13-9-16(23-2)19(25-4)17(10-13)24-3/h5-10,12,18H,11H2,1-4H3,(H,21,22)/t12-,18+/m1/s1. The molecule has 2 aromatic carbocycles. The lowest BCUT2D eigenvalue weighted by Gasteiger charge is -2.30. The van der Waals surface area contributed by atoms with Crippen LogP contribution in [-0.2, 0) is 0 Å². The summed E-state index contributed by atoms with van der Waals surface area (Å²) >= 11 is 0. The molecule has 0 radical (unpaired) electrons. The molecule has 7 heteroatoms. The zero-order valence-corrected chi connectivity index (χ0v) is 15.8. The number of carbonyl (C=O) groups is 1. The molecule has 1 N–H and O–H groups in total. The van der Waals surface area contributed by atoms with Gasteiger partial charge in [0.15, 0.2) is 29.1 Å². The molecule has 0 bridgehead atoms. The Labute approximate surface area is 158 Å². The van der Waals surface area contributed by atoms with Crippen molar-refractivity contribution < 1.29 is 28.5 Å². The van der Waals surface area contributed by atoms with Gasteiger partial charge in [-0.15, -0.1) is 0 Å². The highest BCUT2D eigenvalue weighted by Crippen LogP contribution is 2.38. The number of fused-ring (bicyclic) bond motifs is 1. The summed E-state index contributed by atoms with van der Waals surface area (Å²) in [5.74, 6) is 2.37. The fraction of sp³-hybridized carbons (Fsp3) is 0.350. The molecule has 1 aliphatic heterocycles. The van der Waals surface area contributed by atoms with Gasteiger partial charge in [-0.3, -0.25) is 4.79 Å². The van der Waals surface area contributed by atoms with Crippen LogP contribution < -0.4 is 29.0 Å². The second kappa shape index (κ2) is 8.07. The Kier molecular flexibility index (Phi) is 5.59. The number of hydrogen-bond acceptors (Lipinski definition) is 6. The van der Waals surface area contributed by atoms with Gasteiger partial charge >= 0.3 is 0 Å². The maximum absolute atomic E-state index is 12.7. The van der Waals surface area contributed by atoms with Gasteiger partial charge in [-0.1, -0.05) is 12.1 Å². The van der Waals surface area contributed by atoms with Gasteiger partial charge in [0.1, 0.15) is 6.61 Å². The minimum atomic E-state index is -0.300. The molecule has 1 amide bonds. The van der Waals surface area contributed by atoms with E-state index in [-0.39, 0.29) is 18.1 Å². The Morgan fingerprint density at radius 1 is 1.07 bits per heavy atom. The van der Waals surface area contributed by atoms with E-state index in [1.807, 2.05) is 31.2 Å². The minimum absolute atomic E-state index is 0.273. The molecule has 1 aliphatic rings. The maximum Gasteiger partial charge on any atom is 0.251 e. The first-order valence-electron chi connectivity index (χ1n) is 8.56. The number of ether oxygens (including phenoxy) is 5. The highest BCUT2D eigenvalue weighted by Gasteiger charge is 2.28. The number of methoxy groups -OCH3 is 3. The lowest BCUT2D eigenvalue weighted by Crippen LogP contribution is -2.48. The quantitative estimate of drug-likeness (QED) is 0.839. The van der Waals surface area contributed by atoms with Crippen molar-refractivity contribution >= 4 is 5.91 Å². The Bertz CT molecular complexity index is 797. The molecule has 7 nitrogen and oxygen atoms in total. The molecule has 0 spiro atoms. The predicted molar refractivity (Wildman–Crippen MR) is 99.4 cm³/mol. The van der Waals surface area contributed by atoms with Crippen LogP contribution in [0.4, 0.5) is 0 Å². The van der Waals surface area contributed by atoms with Crippen LogP contribution in [0.3, 0.4) is 0 Å². The Morgan fingerprint density at radius 3 is 2.30 bits per heavy atom. The first-order valence-corrected chi connectivity index (χ1v) is 8.56. The molecule has 2 atom stereocenters. The van der Waals surface area contributed by atoms with Crippen LogP contribution in [0.2, 0.25) is 0 Å². The number of nitrogens with one attached hydrogen (secondary N) is 1. The third-order valence-electron chi connectivity index (χ3n) is 4.37. The second-order valence-corrected chi connectivity index (χ2v) is 6.09. The van der Waals surface area contributed by atoms with E-state index in [9.17, 15) is 4.79 Å². The van der Waals surface area contributed by atoms with E-state index in [4.69, 9.17) is 23.7 Å². The van der Waals surface area contributed by atoms with Gasteiger partial charge in [-0.2, -0.15) is 0 Å². The van der Waals surface area contributed by atoms with Gasteiger partial charge in [0.25, 0.3) is 5.91 Å². The minimum Gasteiger partial charge on any atom is -0.493 e. The van der Waals surface area contributed by atoms with Crippen molar-refractivity contribution in [1.82, 2.24) is 5.32 Å². The normalized spacial score (nSPS) is 16.2. The van der Waals surface area contributed by atoms with E-state index in [0.29, 0.717) is 40.9 Å². The fourth-order valence-electron chi connectivity index (χ4n) is 2.88. The third kappa shape index (κ3) is 3.86. The van der Waals surface area contributed by atoms with Crippen molar-refractivity contribution in [1.29, 1.82) is 0 Å². The lowest BCUT2D eigenvalue weighted by molar-refractivity contribution is 0.0606. The molecule has 1 heterocycles. The Balaban J connectivity index is 1.73. The van der Waals surface area contributed by atoms with Crippen LogP contribution in [0.25, 0.3) is 0 Å². The van der Waals surface area contributed by atoms with Gasteiger partial charge in [0.2, 0.25) is 5.75 Å². The predicted octanol–water partition coefficient (Wildman–Crippen LogP) is 2.67. The van der Waals surface area contributed by atoms with Crippen molar-refractivity contribution in [2.24, 2.45) is 0 Å². The fourth-order valence-corrected chi connectivity index (χ4v) is 2.88. The molecule has 2 aromatic rings. The first kappa shape index (κ1) is 18.7. The number of benzene rings is 2. The summed E-state index contributed by atoms with van der Waals surface area (Å²) in [4.78, 5) is 12.7. The van der Waals surface area contributed by atoms with Crippen LogP contribution >= 0.6 is 0 Å². The number of amides is 1. The summed E-state index contributed by atoms with van der Waals surface area (Å²) in [5.41, 5.74) is 0.397. The molecule has 0 saturated carbocycles. The van der Waals surface area contributed by atoms with Gasteiger partial charge in [0, 0.05) is 5.56 Å². The van der Waals surface area contributed by atoms with E-state index in [1.54, 1.807) is 12.1 Å². The van der Waals surface area contributed by atoms with Crippen LogP contribution in [0.5, 0.6) is 28.7 Å². The monoisotopic (exact) mass is 373 g/mol. The van der Waals surface area contributed by atoms with Crippen molar-refractivity contribution in [3.8, 4) is 28.7 Å². The SMILES string of the molecule is COc1cc(C(=O)N[C@H](C)[C@@H]2COc3ccccc3O2)cc(OC)c1OC. The van der Waals surface area contributed by atoms with E-state index < -0.39 is 0 Å². The Hall–Kier alpha value is -3.09. The summed E-state index contributed by atoms with van der Waals surface area (Å²) in [7, 11) is 4.53.